The molecule has 2 heteroatoms. The maximum absolute atomic E-state index is 6.06. The van der Waals surface area contributed by atoms with Gasteiger partial charge in [-0.05, 0) is 33.1 Å². The van der Waals surface area contributed by atoms with Crippen molar-refractivity contribution in [1.82, 2.24) is 5.32 Å². The van der Waals surface area contributed by atoms with Gasteiger partial charge in [-0.2, -0.15) is 0 Å². The fourth-order valence-electron chi connectivity index (χ4n) is 2.48. The Bertz CT molecular complexity index is 166. The predicted molar refractivity (Wildman–Crippen MR) is 69.8 cm³/mol. The summed E-state index contributed by atoms with van der Waals surface area (Å²) in [6, 6.07) is 0.627. The molecule has 1 saturated carbocycles. The van der Waals surface area contributed by atoms with Crippen molar-refractivity contribution in [3.05, 3.63) is 0 Å². The summed E-state index contributed by atoms with van der Waals surface area (Å²) in [5, 5.41) is 3.55. The van der Waals surface area contributed by atoms with Crippen LogP contribution in [0.1, 0.15) is 65.7 Å². The topological polar surface area (TPSA) is 21.3 Å². The second-order valence-corrected chi connectivity index (χ2v) is 5.30. The third kappa shape index (κ3) is 5.86. The van der Waals surface area contributed by atoms with Gasteiger partial charge in [0.1, 0.15) is 0 Å². The first kappa shape index (κ1) is 14.0. The summed E-state index contributed by atoms with van der Waals surface area (Å²) >= 11 is 0. The van der Waals surface area contributed by atoms with Crippen LogP contribution in [0.5, 0.6) is 0 Å². The highest BCUT2D eigenvalue weighted by molar-refractivity contribution is 4.69. The molecule has 1 N–H and O–H groups in total. The van der Waals surface area contributed by atoms with Gasteiger partial charge in [0.05, 0.1) is 12.2 Å². The summed E-state index contributed by atoms with van der Waals surface area (Å²) in [5.41, 5.74) is 0. The van der Waals surface area contributed by atoms with E-state index in [0.717, 1.165) is 6.54 Å². The SMILES string of the molecule is CCCC(C)NCC(C)OC1CCCCC1. The molecule has 0 radical (unpaired) electrons. The van der Waals surface area contributed by atoms with Gasteiger partial charge in [0.15, 0.2) is 0 Å². The molecule has 0 heterocycles. The molecule has 0 amide bonds. The van der Waals surface area contributed by atoms with Crippen molar-refractivity contribution in [2.24, 2.45) is 0 Å². The van der Waals surface area contributed by atoms with E-state index in [2.05, 4.69) is 26.1 Å². The lowest BCUT2D eigenvalue weighted by Gasteiger charge is -2.26. The van der Waals surface area contributed by atoms with Gasteiger partial charge in [-0.25, -0.2) is 0 Å². The van der Waals surface area contributed by atoms with Gasteiger partial charge in [0.25, 0.3) is 0 Å². The maximum Gasteiger partial charge on any atom is 0.0675 e. The first-order chi connectivity index (χ1) is 7.72. The Morgan fingerprint density at radius 1 is 1.19 bits per heavy atom. The van der Waals surface area contributed by atoms with E-state index >= 15 is 0 Å². The van der Waals surface area contributed by atoms with Gasteiger partial charge < -0.3 is 10.1 Å². The second-order valence-electron chi connectivity index (χ2n) is 5.30. The summed E-state index contributed by atoms with van der Waals surface area (Å²) in [4.78, 5) is 0. The number of hydrogen-bond donors (Lipinski definition) is 1. The van der Waals surface area contributed by atoms with Gasteiger partial charge in [-0.15, -0.1) is 0 Å². The molecule has 16 heavy (non-hydrogen) atoms. The highest BCUT2D eigenvalue weighted by Gasteiger charge is 2.16. The first-order valence-electron chi connectivity index (χ1n) is 7.11. The van der Waals surface area contributed by atoms with Crippen LogP contribution in [0.25, 0.3) is 0 Å². The van der Waals surface area contributed by atoms with Crippen LogP contribution in [-0.4, -0.2) is 24.8 Å². The van der Waals surface area contributed by atoms with E-state index in [1.165, 1.54) is 44.9 Å². The van der Waals surface area contributed by atoms with Gasteiger partial charge in [0.2, 0.25) is 0 Å². The van der Waals surface area contributed by atoms with E-state index in [9.17, 15) is 0 Å². The van der Waals surface area contributed by atoms with E-state index in [-0.39, 0.29) is 0 Å². The highest BCUT2D eigenvalue weighted by Crippen LogP contribution is 2.21. The van der Waals surface area contributed by atoms with Crippen LogP contribution < -0.4 is 5.32 Å². The minimum atomic E-state index is 0.363. The van der Waals surface area contributed by atoms with Crippen LogP contribution in [0.4, 0.5) is 0 Å². The quantitative estimate of drug-likeness (QED) is 0.718. The van der Waals surface area contributed by atoms with Gasteiger partial charge in [0, 0.05) is 12.6 Å². The molecule has 2 unspecified atom stereocenters. The second kappa shape index (κ2) is 8.08. The molecule has 0 aromatic carbocycles. The number of hydrogen-bond acceptors (Lipinski definition) is 2. The van der Waals surface area contributed by atoms with Gasteiger partial charge >= 0.3 is 0 Å². The minimum Gasteiger partial charge on any atom is -0.374 e. The van der Waals surface area contributed by atoms with Crippen LogP contribution in [0.15, 0.2) is 0 Å². The van der Waals surface area contributed by atoms with Crippen molar-refractivity contribution >= 4 is 0 Å². The largest absolute Gasteiger partial charge is 0.374 e. The Kier molecular flexibility index (Phi) is 7.06. The fourth-order valence-corrected chi connectivity index (χ4v) is 2.48. The third-order valence-corrected chi connectivity index (χ3v) is 3.45. The molecule has 96 valence electrons. The van der Waals surface area contributed by atoms with Gasteiger partial charge in [-0.3, -0.25) is 0 Å². The Morgan fingerprint density at radius 3 is 2.50 bits per heavy atom. The number of ether oxygens (including phenoxy) is 1. The molecule has 0 saturated heterocycles. The molecule has 0 aliphatic heterocycles. The molecule has 0 bridgehead atoms. The number of nitrogens with one attached hydrogen (secondary N) is 1. The van der Waals surface area contributed by atoms with E-state index in [0.29, 0.717) is 18.2 Å². The van der Waals surface area contributed by atoms with Crippen LogP contribution in [-0.2, 0) is 4.74 Å². The van der Waals surface area contributed by atoms with E-state index in [4.69, 9.17) is 4.74 Å². The molecule has 2 nitrogen and oxygen atoms in total. The summed E-state index contributed by atoms with van der Waals surface area (Å²) < 4.78 is 6.06. The Morgan fingerprint density at radius 2 is 1.88 bits per heavy atom. The zero-order valence-electron chi connectivity index (χ0n) is 11.3. The lowest BCUT2D eigenvalue weighted by molar-refractivity contribution is -0.0207. The van der Waals surface area contributed by atoms with Crippen LogP contribution in [0, 0.1) is 0 Å². The first-order valence-corrected chi connectivity index (χ1v) is 7.11. The minimum absolute atomic E-state index is 0.363. The van der Waals surface area contributed by atoms with Crippen LogP contribution in [0.2, 0.25) is 0 Å². The molecular formula is C14H29NO. The van der Waals surface area contributed by atoms with Crippen LogP contribution in [0.3, 0.4) is 0 Å². The zero-order valence-corrected chi connectivity index (χ0v) is 11.3. The molecule has 1 fully saturated rings. The molecular weight excluding hydrogens is 198 g/mol. The molecule has 0 aromatic heterocycles. The molecule has 1 rings (SSSR count). The molecule has 1 aliphatic carbocycles. The van der Waals surface area contributed by atoms with Crippen molar-refractivity contribution < 1.29 is 4.74 Å². The smallest absolute Gasteiger partial charge is 0.0675 e. The Balaban J connectivity index is 2.07. The van der Waals surface area contributed by atoms with Gasteiger partial charge in [-0.1, -0.05) is 32.6 Å². The van der Waals surface area contributed by atoms with E-state index < -0.39 is 0 Å². The molecule has 0 aromatic rings. The Labute approximate surface area is 101 Å². The van der Waals surface area contributed by atoms with E-state index in [1.807, 2.05) is 0 Å². The maximum atomic E-state index is 6.06. The average Bonchev–Trinajstić information content (AvgIpc) is 2.28. The molecule has 2 atom stereocenters. The average molecular weight is 227 g/mol. The lowest BCUT2D eigenvalue weighted by Crippen LogP contribution is -2.35. The lowest BCUT2D eigenvalue weighted by atomic mass is 9.98. The van der Waals surface area contributed by atoms with Crippen molar-refractivity contribution in [1.29, 1.82) is 0 Å². The summed E-state index contributed by atoms with van der Waals surface area (Å²) in [6.07, 6.45) is 10.1. The fraction of sp³-hybridized carbons (Fsp3) is 1.00. The van der Waals surface area contributed by atoms with Crippen molar-refractivity contribution in [2.75, 3.05) is 6.54 Å². The highest BCUT2D eigenvalue weighted by atomic mass is 16.5. The van der Waals surface area contributed by atoms with Crippen molar-refractivity contribution in [2.45, 2.75) is 84.0 Å². The van der Waals surface area contributed by atoms with E-state index in [1.54, 1.807) is 0 Å². The third-order valence-electron chi connectivity index (χ3n) is 3.45. The monoisotopic (exact) mass is 227 g/mol. The number of rotatable bonds is 7. The molecule has 0 spiro atoms. The normalized spacial score (nSPS) is 21.9. The summed E-state index contributed by atoms with van der Waals surface area (Å²) in [7, 11) is 0. The van der Waals surface area contributed by atoms with Crippen molar-refractivity contribution in [3.63, 3.8) is 0 Å². The van der Waals surface area contributed by atoms with Crippen LogP contribution >= 0.6 is 0 Å². The summed E-state index contributed by atoms with van der Waals surface area (Å²) in [6.45, 7) is 7.69. The molecule has 1 aliphatic rings. The van der Waals surface area contributed by atoms with Crippen molar-refractivity contribution in [3.8, 4) is 0 Å². The zero-order chi connectivity index (χ0) is 11.8. The predicted octanol–water partition coefficient (Wildman–Crippen LogP) is 3.50. The standard InChI is InChI=1S/C14H29NO/c1-4-8-12(2)15-11-13(3)16-14-9-6-5-7-10-14/h12-15H,4-11H2,1-3H3. The Hall–Kier alpha value is -0.0800. The summed E-state index contributed by atoms with van der Waals surface area (Å²) in [5.74, 6) is 0.